The summed E-state index contributed by atoms with van der Waals surface area (Å²) in [6.45, 7) is 5.77. The topological polar surface area (TPSA) is 74.3 Å². The number of nitrogens with one attached hydrogen (secondary N) is 2. The summed E-state index contributed by atoms with van der Waals surface area (Å²) < 4.78 is 29.3. The summed E-state index contributed by atoms with van der Waals surface area (Å²) in [5.74, 6) is 0. The third kappa shape index (κ3) is 5.00. The molecule has 2 heterocycles. The van der Waals surface area contributed by atoms with Crippen LogP contribution < -0.4 is 10.0 Å². The summed E-state index contributed by atoms with van der Waals surface area (Å²) >= 11 is 1.46. The van der Waals surface area contributed by atoms with Gasteiger partial charge in [-0.25, -0.2) is 0 Å². The molecule has 0 bridgehead atoms. The molecule has 1 aromatic rings. The van der Waals surface area contributed by atoms with Gasteiger partial charge >= 0.3 is 0 Å². The summed E-state index contributed by atoms with van der Waals surface area (Å²) in [6.07, 6.45) is 4.63. The van der Waals surface area contributed by atoms with Crippen LogP contribution in [0.2, 0.25) is 0 Å². The van der Waals surface area contributed by atoms with E-state index in [1.165, 1.54) is 11.3 Å². The van der Waals surface area contributed by atoms with Crippen LogP contribution in [0.15, 0.2) is 11.7 Å². The second kappa shape index (κ2) is 7.64. The van der Waals surface area contributed by atoms with Crippen LogP contribution in [-0.2, 0) is 16.8 Å². The molecule has 21 heavy (non-hydrogen) atoms. The van der Waals surface area contributed by atoms with Gasteiger partial charge in [0.25, 0.3) is 10.2 Å². The number of thiazole rings is 1. The van der Waals surface area contributed by atoms with Crippen LogP contribution in [0.1, 0.15) is 38.0 Å². The Kier molecular flexibility index (Phi) is 6.12. The first-order valence-corrected chi connectivity index (χ1v) is 9.68. The Labute approximate surface area is 131 Å². The predicted octanol–water partition coefficient (Wildman–Crippen LogP) is 1.33. The Morgan fingerprint density at radius 2 is 2.29 bits per heavy atom. The fraction of sp³-hybridized carbons (Fsp3) is 0.769. The highest BCUT2D eigenvalue weighted by Gasteiger charge is 2.31. The average Bonchev–Trinajstić information content (AvgIpc) is 2.97. The predicted molar refractivity (Wildman–Crippen MR) is 85.4 cm³/mol. The lowest BCUT2D eigenvalue weighted by atomic mass is 10.0. The fourth-order valence-corrected chi connectivity index (χ4v) is 4.51. The largest absolute Gasteiger partial charge is 0.313 e. The molecule has 1 unspecified atom stereocenters. The van der Waals surface area contributed by atoms with Gasteiger partial charge in [0.1, 0.15) is 0 Å². The lowest BCUT2D eigenvalue weighted by Gasteiger charge is -2.35. The van der Waals surface area contributed by atoms with Gasteiger partial charge in [-0.1, -0.05) is 20.3 Å². The molecule has 1 aliphatic heterocycles. The quantitative estimate of drug-likeness (QED) is 0.790. The van der Waals surface area contributed by atoms with Crippen LogP contribution in [0, 0.1) is 0 Å². The molecule has 1 aromatic heterocycles. The average molecular weight is 332 g/mol. The molecular weight excluding hydrogens is 308 g/mol. The summed E-state index contributed by atoms with van der Waals surface area (Å²) in [5.41, 5.74) is 1.71. The first-order valence-electron chi connectivity index (χ1n) is 7.36. The number of piperidine rings is 1. The standard InChI is InChI=1S/C13H24N4O2S2/c1-11(2)15-7-12-5-3-4-6-17(12)21(18,19)16-9-13-8-14-10-20-13/h8,10-12,15-16H,3-7,9H2,1-2H3. The van der Waals surface area contributed by atoms with Crippen LogP contribution in [-0.4, -0.2) is 42.9 Å². The summed E-state index contributed by atoms with van der Waals surface area (Å²) in [5, 5.41) is 3.35. The maximum atomic E-state index is 12.5. The Hall–Kier alpha value is -0.540. The van der Waals surface area contributed by atoms with Gasteiger partial charge in [-0.2, -0.15) is 17.4 Å². The minimum Gasteiger partial charge on any atom is -0.313 e. The van der Waals surface area contributed by atoms with Crippen LogP contribution >= 0.6 is 11.3 Å². The van der Waals surface area contributed by atoms with E-state index in [9.17, 15) is 8.42 Å². The van der Waals surface area contributed by atoms with Gasteiger partial charge in [0.05, 0.1) is 5.51 Å². The molecule has 1 saturated heterocycles. The van der Waals surface area contributed by atoms with Gasteiger partial charge < -0.3 is 5.32 Å². The lowest BCUT2D eigenvalue weighted by molar-refractivity contribution is 0.239. The van der Waals surface area contributed by atoms with Crippen molar-refractivity contribution in [2.75, 3.05) is 13.1 Å². The minimum absolute atomic E-state index is 0.0418. The number of aromatic nitrogens is 1. The van der Waals surface area contributed by atoms with Gasteiger partial charge in [-0.05, 0) is 12.8 Å². The monoisotopic (exact) mass is 332 g/mol. The molecule has 8 heteroatoms. The molecule has 0 aromatic carbocycles. The second-order valence-corrected chi connectivity index (χ2v) is 8.30. The van der Waals surface area contributed by atoms with Crippen molar-refractivity contribution in [1.82, 2.24) is 19.3 Å². The van der Waals surface area contributed by atoms with Crippen molar-refractivity contribution in [3.8, 4) is 0 Å². The number of hydrogen-bond acceptors (Lipinski definition) is 5. The molecule has 6 nitrogen and oxygen atoms in total. The molecule has 0 radical (unpaired) electrons. The van der Waals surface area contributed by atoms with E-state index in [0.29, 0.717) is 25.7 Å². The van der Waals surface area contributed by atoms with Crippen molar-refractivity contribution in [2.24, 2.45) is 0 Å². The molecule has 0 spiro atoms. The van der Waals surface area contributed by atoms with Gasteiger partial charge in [0, 0.05) is 42.8 Å². The van der Waals surface area contributed by atoms with Gasteiger partial charge in [0.2, 0.25) is 0 Å². The molecule has 0 amide bonds. The van der Waals surface area contributed by atoms with Crippen molar-refractivity contribution in [1.29, 1.82) is 0 Å². The first kappa shape index (κ1) is 16.8. The van der Waals surface area contributed by atoms with Crippen LogP contribution in [0.25, 0.3) is 0 Å². The number of hydrogen-bond donors (Lipinski definition) is 2. The van der Waals surface area contributed by atoms with E-state index in [-0.39, 0.29) is 6.04 Å². The Bertz CT molecular complexity index is 516. The van der Waals surface area contributed by atoms with Crippen molar-refractivity contribution in [2.45, 2.75) is 51.7 Å². The van der Waals surface area contributed by atoms with Crippen molar-refractivity contribution in [3.63, 3.8) is 0 Å². The normalized spacial score (nSPS) is 21.0. The minimum atomic E-state index is -3.43. The van der Waals surface area contributed by atoms with E-state index in [1.54, 1.807) is 16.0 Å². The zero-order valence-corrected chi connectivity index (χ0v) is 14.2. The Morgan fingerprint density at radius 1 is 1.48 bits per heavy atom. The Balaban J connectivity index is 1.97. The fourth-order valence-electron chi connectivity index (χ4n) is 2.44. The highest BCUT2D eigenvalue weighted by Crippen LogP contribution is 2.20. The van der Waals surface area contributed by atoms with Crippen molar-refractivity contribution in [3.05, 3.63) is 16.6 Å². The third-order valence-electron chi connectivity index (χ3n) is 3.56. The number of rotatable bonds is 7. The Morgan fingerprint density at radius 3 is 2.95 bits per heavy atom. The second-order valence-electron chi connectivity index (χ2n) is 5.62. The van der Waals surface area contributed by atoms with Crippen LogP contribution in [0.5, 0.6) is 0 Å². The van der Waals surface area contributed by atoms with E-state index in [0.717, 1.165) is 24.1 Å². The molecule has 120 valence electrons. The van der Waals surface area contributed by atoms with Gasteiger partial charge in [-0.15, -0.1) is 11.3 Å². The molecule has 1 aliphatic rings. The molecule has 0 saturated carbocycles. The molecule has 1 fully saturated rings. The van der Waals surface area contributed by atoms with E-state index < -0.39 is 10.2 Å². The van der Waals surface area contributed by atoms with E-state index in [4.69, 9.17) is 0 Å². The maximum Gasteiger partial charge on any atom is 0.280 e. The molecule has 1 atom stereocenters. The zero-order valence-electron chi connectivity index (χ0n) is 12.6. The van der Waals surface area contributed by atoms with E-state index in [2.05, 4.69) is 28.9 Å². The van der Waals surface area contributed by atoms with Crippen molar-refractivity contribution < 1.29 is 8.42 Å². The highest BCUT2D eigenvalue weighted by molar-refractivity contribution is 7.87. The summed E-state index contributed by atoms with van der Waals surface area (Å²) in [4.78, 5) is 4.88. The van der Waals surface area contributed by atoms with E-state index in [1.807, 2.05) is 0 Å². The van der Waals surface area contributed by atoms with Crippen LogP contribution in [0.3, 0.4) is 0 Å². The van der Waals surface area contributed by atoms with Gasteiger partial charge in [-0.3, -0.25) is 4.98 Å². The zero-order chi connectivity index (χ0) is 15.3. The summed E-state index contributed by atoms with van der Waals surface area (Å²) in [6, 6.07) is 0.404. The third-order valence-corrected chi connectivity index (χ3v) is 5.94. The molecular formula is C13H24N4O2S2. The SMILES string of the molecule is CC(C)NCC1CCCCN1S(=O)(=O)NCc1cncs1. The first-order chi connectivity index (χ1) is 9.99. The van der Waals surface area contributed by atoms with Crippen molar-refractivity contribution >= 4 is 21.5 Å². The van der Waals surface area contributed by atoms with Crippen LogP contribution in [0.4, 0.5) is 0 Å². The lowest BCUT2D eigenvalue weighted by Crippen LogP contribution is -2.52. The number of nitrogens with zero attached hydrogens (tertiary/aromatic N) is 2. The highest BCUT2D eigenvalue weighted by atomic mass is 32.2. The van der Waals surface area contributed by atoms with E-state index >= 15 is 0 Å². The summed E-state index contributed by atoms with van der Waals surface area (Å²) in [7, 11) is -3.43. The molecule has 0 aliphatic carbocycles. The molecule has 2 rings (SSSR count). The molecule has 2 N–H and O–H groups in total. The maximum absolute atomic E-state index is 12.5. The van der Waals surface area contributed by atoms with Gasteiger partial charge in [0.15, 0.2) is 0 Å². The smallest absolute Gasteiger partial charge is 0.280 e.